The van der Waals surface area contributed by atoms with Crippen LogP contribution in [0.5, 0.6) is 0 Å². The summed E-state index contributed by atoms with van der Waals surface area (Å²) in [5.41, 5.74) is 0. The molecule has 0 fully saturated rings. The number of thioether (sulfide) groups is 2. The van der Waals surface area contributed by atoms with E-state index in [0.29, 0.717) is 0 Å². The van der Waals surface area contributed by atoms with Crippen LogP contribution in [0.3, 0.4) is 0 Å². The first kappa shape index (κ1) is 33.7. The fourth-order valence-electron chi connectivity index (χ4n) is 4.97. The van der Waals surface area contributed by atoms with Gasteiger partial charge in [0.2, 0.25) is 0 Å². The Morgan fingerprint density at radius 2 is 0.667 bits per heavy atom. The zero-order valence-electron chi connectivity index (χ0n) is 23.5. The van der Waals surface area contributed by atoms with E-state index in [9.17, 15) is 0 Å². The summed E-state index contributed by atoms with van der Waals surface area (Å²) in [7, 11) is 0. The predicted octanol–water partition coefficient (Wildman–Crippen LogP) is 12.2. The Hall–Kier alpha value is 0.700. The summed E-state index contributed by atoms with van der Waals surface area (Å²) in [6.07, 6.45) is 42.9. The molecule has 0 nitrogen and oxygen atoms in total. The lowest BCUT2D eigenvalue weighted by molar-refractivity contribution is 0.515. The van der Waals surface area contributed by atoms with Crippen LogP contribution in [-0.4, -0.2) is 23.5 Å². The van der Waals surface area contributed by atoms with Gasteiger partial charge in [-0.1, -0.05) is 167 Å². The van der Waals surface area contributed by atoms with Crippen LogP contribution in [0, 0.1) is 0 Å². The average Bonchev–Trinajstić information content (AvgIpc) is 2.83. The first-order chi connectivity index (χ1) is 16.3. The van der Waals surface area contributed by atoms with E-state index in [1.54, 1.807) is 0 Å². The topological polar surface area (TPSA) is 0 Å². The Bertz CT molecular complexity index is 331. The molecule has 0 aromatic rings. The first-order valence-corrected chi connectivity index (χ1v) is 18.0. The Morgan fingerprint density at radius 3 is 0.909 bits per heavy atom. The fraction of sp³-hybridized carbons (Fsp3) is 1.00. The molecule has 0 heterocycles. The molecule has 0 aromatic carbocycles. The second-order valence-corrected chi connectivity index (χ2v) is 12.6. The van der Waals surface area contributed by atoms with E-state index in [1.807, 2.05) is 11.8 Å². The lowest BCUT2D eigenvalue weighted by atomic mass is 10.0. The van der Waals surface area contributed by atoms with Crippen molar-refractivity contribution in [1.29, 1.82) is 0 Å². The van der Waals surface area contributed by atoms with Gasteiger partial charge in [-0.05, 0) is 18.9 Å². The van der Waals surface area contributed by atoms with Crippen molar-refractivity contribution >= 4 is 23.5 Å². The largest absolute Gasteiger partial charge is 0.164 e. The molecule has 1 atom stereocenters. The molecule has 0 bridgehead atoms. The quantitative estimate of drug-likeness (QED) is 0.0936. The SMILES string of the molecule is CCCCCCCCCCCCCCCCCCCCCCCCCCCC(CSC)SC. The van der Waals surface area contributed by atoms with Crippen molar-refractivity contribution in [2.45, 2.75) is 179 Å². The molecule has 0 radical (unpaired) electrons. The van der Waals surface area contributed by atoms with E-state index in [1.165, 1.54) is 173 Å². The zero-order chi connectivity index (χ0) is 24.1. The number of hydrogen-bond acceptors (Lipinski definition) is 2. The molecule has 0 aliphatic rings. The third-order valence-corrected chi connectivity index (χ3v) is 9.33. The van der Waals surface area contributed by atoms with Crippen molar-refractivity contribution in [3.63, 3.8) is 0 Å². The van der Waals surface area contributed by atoms with E-state index in [0.717, 1.165) is 5.25 Å². The van der Waals surface area contributed by atoms with Crippen LogP contribution in [-0.2, 0) is 0 Å². The van der Waals surface area contributed by atoms with E-state index in [2.05, 4.69) is 31.2 Å². The lowest BCUT2D eigenvalue weighted by Crippen LogP contribution is -2.04. The molecular weight excluding hydrogens is 436 g/mol. The summed E-state index contributed by atoms with van der Waals surface area (Å²) in [5, 5.41) is 0.893. The molecule has 0 rings (SSSR count). The zero-order valence-corrected chi connectivity index (χ0v) is 25.1. The van der Waals surface area contributed by atoms with Crippen molar-refractivity contribution in [3.8, 4) is 0 Å². The molecule has 0 N–H and O–H groups in total. The van der Waals surface area contributed by atoms with Gasteiger partial charge in [-0.25, -0.2) is 0 Å². The molecule has 1 unspecified atom stereocenters. The maximum Gasteiger partial charge on any atom is 0.0135 e. The van der Waals surface area contributed by atoms with Crippen molar-refractivity contribution in [2.75, 3.05) is 18.3 Å². The average molecular weight is 501 g/mol. The van der Waals surface area contributed by atoms with E-state index in [-0.39, 0.29) is 0 Å². The molecular formula is C31H64S2. The van der Waals surface area contributed by atoms with Crippen molar-refractivity contribution in [3.05, 3.63) is 0 Å². The van der Waals surface area contributed by atoms with Crippen molar-refractivity contribution in [1.82, 2.24) is 0 Å². The van der Waals surface area contributed by atoms with Gasteiger partial charge in [-0.2, -0.15) is 23.5 Å². The van der Waals surface area contributed by atoms with Crippen LogP contribution in [0.2, 0.25) is 0 Å². The summed E-state index contributed by atoms with van der Waals surface area (Å²) < 4.78 is 0. The molecule has 0 aliphatic carbocycles. The predicted molar refractivity (Wildman–Crippen MR) is 161 cm³/mol. The van der Waals surface area contributed by atoms with Gasteiger partial charge < -0.3 is 0 Å². The van der Waals surface area contributed by atoms with Crippen molar-refractivity contribution < 1.29 is 0 Å². The monoisotopic (exact) mass is 500 g/mol. The maximum absolute atomic E-state index is 2.31. The second-order valence-electron chi connectivity index (χ2n) is 10.6. The van der Waals surface area contributed by atoms with Gasteiger partial charge in [0.15, 0.2) is 0 Å². The normalized spacial score (nSPS) is 12.5. The standard InChI is InChI=1S/C31H64S2/c1-4-5-6-7-8-9-10-11-12-13-14-15-16-17-18-19-20-21-22-23-24-25-26-27-28-29-31(33-3)30-32-2/h31H,4-30H2,1-3H3. The molecule has 0 amide bonds. The Balaban J connectivity index is 3.06. The minimum atomic E-state index is 0.893. The van der Waals surface area contributed by atoms with E-state index < -0.39 is 0 Å². The summed E-state index contributed by atoms with van der Waals surface area (Å²) in [6, 6.07) is 0. The van der Waals surface area contributed by atoms with Crippen LogP contribution in [0.4, 0.5) is 0 Å². The van der Waals surface area contributed by atoms with Crippen molar-refractivity contribution in [2.24, 2.45) is 0 Å². The Morgan fingerprint density at radius 1 is 0.394 bits per heavy atom. The Labute approximate surface area is 220 Å². The Kier molecular flexibility index (Phi) is 31.4. The highest BCUT2D eigenvalue weighted by Crippen LogP contribution is 2.20. The van der Waals surface area contributed by atoms with Gasteiger partial charge in [0, 0.05) is 11.0 Å². The summed E-state index contributed by atoms with van der Waals surface area (Å²) in [5.74, 6) is 1.33. The molecule has 0 saturated heterocycles. The molecule has 2 heteroatoms. The highest BCUT2D eigenvalue weighted by atomic mass is 32.2. The smallest absolute Gasteiger partial charge is 0.0135 e. The van der Waals surface area contributed by atoms with Gasteiger partial charge >= 0.3 is 0 Å². The molecule has 0 spiro atoms. The van der Waals surface area contributed by atoms with E-state index >= 15 is 0 Å². The van der Waals surface area contributed by atoms with Crippen LogP contribution in [0.25, 0.3) is 0 Å². The maximum atomic E-state index is 2.31. The summed E-state index contributed by atoms with van der Waals surface area (Å²) in [6.45, 7) is 2.31. The van der Waals surface area contributed by atoms with Gasteiger partial charge in [-0.15, -0.1) is 0 Å². The van der Waals surface area contributed by atoms with Gasteiger partial charge in [-0.3, -0.25) is 0 Å². The molecule has 33 heavy (non-hydrogen) atoms. The van der Waals surface area contributed by atoms with Crippen LogP contribution in [0.15, 0.2) is 0 Å². The molecule has 0 aromatic heterocycles. The highest BCUT2D eigenvalue weighted by molar-refractivity contribution is 8.02. The van der Waals surface area contributed by atoms with Crippen LogP contribution >= 0.6 is 23.5 Å². The second kappa shape index (κ2) is 30.7. The number of unbranched alkanes of at least 4 members (excludes halogenated alkanes) is 24. The van der Waals surface area contributed by atoms with E-state index in [4.69, 9.17) is 0 Å². The van der Waals surface area contributed by atoms with Crippen LogP contribution in [0.1, 0.15) is 174 Å². The number of rotatable bonds is 29. The third-order valence-electron chi connectivity index (χ3n) is 7.32. The van der Waals surface area contributed by atoms with Gasteiger partial charge in [0.05, 0.1) is 0 Å². The minimum absolute atomic E-state index is 0.893. The van der Waals surface area contributed by atoms with Gasteiger partial charge in [0.25, 0.3) is 0 Å². The molecule has 0 saturated carbocycles. The number of hydrogen-bond donors (Lipinski definition) is 0. The fourth-order valence-corrected chi connectivity index (χ4v) is 6.86. The first-order valence-electron chi connectivity index (χ1n) is 15.4. The van der Waals surface area contributed by atoms with Crippen LogP contribution < -0.4 is 0 Å². The summed E-state index contributed by atoms with van der Waals surface area (Å²) in [4.78, 5) is 0. The molecule has 0 aliphatic heterocycles. The minimum Gasteiger partial charge on any atom is -0.164 e. The highest BCUT2D eigenvalue weighted by Gasteiger charge is 2.05. The molecule has 200 valence electrons. The van der Waals surface area contributed by atoms with Gasteiger partial charge in [0.1, 0.15) is 0 Å². The third kappa shape index (κ3) is 28.8. The lowest BCUT2D eigenvalue weighted by Gasteiger charge is -2.12. The summed E-state index contributed by atoms with van der Waals surface area (Å²) >= 11 is 4.07.